The van der Waals surface area contributed by atoms with Crippen molar-refractivity contribution in [3.05, 3.63) is 23.1 Å². The van der Waals surface area contributed by atoms with Crippen LogP contribution in [0.5, 0.6) is 0 Å². The molecule has 1 heterocycles. The van der Waals surface area contributed by atoms with Crippen LogP contribution in [0.25, 0.3) is 0 Å². The zero-order valence-corrected chi connectivity index (χ0v) is 9.35. The minimum Gasteiger partial charge on any atom is -0.355 e. The molecule has 0 saturated heterocycles. The van der Waals surface area contributed by atoms with Crippen molar-refractivity contribution >= 4 is 17.4 Å². The molecule has 1 aromatic rings. The van der Waals surface area contributed by atoms with Crippen molar-refractivity contribution in [2.24, 2.45) is 0 Å². The molecule has 1 unspecified atom stereocenters. The van der Waals surface area contributed by atoms with E-state index < -0.39 is 0 Å². The summed E-state index contributed by atoms with van der Waals surface area (Å²) < 4.78 is 13.4. The summed E-state index contributed by atoms with van der Waals surface area (Å²) in [5, 5.41) is 0.323. The second-order valence-corrected chi connectivity index (χ2v) is 3.76. The highest BCUT2D eigenvalue weighted by Gasteiger charge is 2.13. The zero-order valence-electron chi connectivity index (χ0n) is 8.59. The fourth-order valence-corrected chi connectivity index (χ4v) is 1.29. The molecule has 0 aromatic carbocycles. The van der Waals surface area contributed by atoms with Gasteiger partial charge in [-0.3, -0.25) is 0 Å². The van der Waals surface area contributed by atoms with Gasteiger partial charge in [-0.1, -0.05) is 18.5 Å². The van der Waals surface area contributed by atoms with Crippen LogP contribution in [-0.4, -0.2) is 18.1 Å². The van der Waals surface area contributed by atoms with E-state index in [1.165, 1.54) is 12.3 Å². The van der Waals surface area contributed by atoms with Crippen molar-refractivity contribution in [2.45, 2.75) is 26.3 Å². The van der Waals surface area contributed by atoms with Gasteiger partial charge in [0.15, 0.2) is 11.6 Å². The van der Waals surface area contributed by atoms with Crippen LogP contribution in [0.1, 0.15) is 20.3 Å². The molecule has 2 nitrogen and oxygen atoms in total. The van der Waals surface area contributed by atoms with E-state index in [1.807, 2.05) is 18.9 Å². The fourth-order valence-electron chi connectivity index (χ4n) is 1.15. The summed E-state index contributed by atoms with van der Waals surface area (Å²) in [5.41, 5.74) is 0. The van der Waals surface area contributed by atoms with Crippen molar-refractivity contribution in [3.63, 3.8) is 0 Å². The largest absolute Gasteiger partial charge is 0.355 e. The summed E-state index contributed by atoms with van der Waals surface area (Å²) in [4.78, 5) is 5.78. The number of nitrogens with zero attached hydrogens (tertiary/aromatic N) is 2. The fraction of sp³-hybridized carbons (Fsp3) is 0.500. The van der Waals surface area contributed by atoms with Crippen LogP contribution in [-0.2, 0) is 0 Å². The highest BCUT2D eigenvalue weighted by Crippen LogP contribution is 2.20. The first-order valence-electron chi connectivity index (χ1n) is 4.60. The van der Waals surface area contributed by atoms with Gasteiger partial charge in [0.25, 0.3) is 0 Å². The predicted octanol–water partition coefficient (Wildman–Crippen LogP) is 3.11. The number of pyridine rings is 1. The van der Waals surface area contributed by atoms with E-state index in [0.29, 0.717) is 10.8 Å². The van der Waals surface area contributed by atoms with E-state index in [9.17, 15) is 4.39 Å². The molecule has 1 atom stereocenters. The highest BCUT2D eigenvalue weighted by molar-refractivity contribution is 6.30. The number of hydrogen-bond acceptors (Lipinski definition) is 2. The van der Waals surface area contributed by atoms with Crippen molar-refractivity contribution in [3.8, 4) is 0 Å². The Kier molecular flexibility index (Phi) is 3.69. The normalized spacial score (nSPS) is 12.6. The summed E-state index contributed by atoms with van der Waals surface area (Å²) in [6.07, 6.45) is 2.40. The van der Waals surface area contributed by atoms with E-state index >= 15 is 0 Å². The zero-order chi connectivity index (χ0) is 10.7. The number of anilines is 1. The number of aromatic nitrogens is 1. The number of halogens is 2. The van der Waals surface area contributed by atoms with Crippen LogP contribution in [0.4, 0.5) is 10.2 Å². The molecule has 1 rings (SSSR count). The lowest BCUT2D eigenvalue weighted by Gasteiger charge is -2.25. The van der Waals surface area contributed by atoms with Crippen molar-refractivity contribution in [1.82, 2.24) is 4.98 Å². The Bertz CT molecular complexity index is 317. The molecule has 78 valence electrons. The van der Waals surface area contributed by atoms with Crippen LogP contribution >= 0.6 is 11.6 Å². The van der Waals surface area contributed by atoms with Crippen LogP contribution in [0, 0.1) is 5.82 Å². The molecular weight excluding hydrogens is 203 g/mol. The van der Waals surface area contributed by atoms with Gasteiger partial charge in [-0.25, -0.2) is 9.37 Å². The van der Waals surface area contributed by atoms with Gasteiger partial charge in [0.05, 0.1) is 5.02 Å². The molecule has 0 radical (unpaired) electrons. The molecule has 1 aromatic heterocycles. The minimum absolute atomic E-state index is 0.262. The quantitative estimate of drug-likeness (QED) is 0.772. The molecule has 0 saturated carbocycles. The topological polar surface area (TPSA) is 16.1 Å². The third-order valence-corrected chi connectivity index (χ3v) is 2.58. The van der Waals surface area contributed by atoms with E-state index in [-0.39, 0.29) is 11.9 Å². The maximum atomic E-state index is 13.4. The Morgan fingerprint density at radius 1 is 1.64 bits per heavy atom. The lowest BCUT2D eigenvalue weighted by molar-refractivity contribution is 0.590. The summed E-state index contributed by atoms with van der Waals surface area (Å²) in [5.74, 6) is -0.0240. The molecule has 0 aliphatic rings. The Hall–Kier alpha value is -0.830. The van der Waals surface area contributed by atoms with Gasteiger partial charge in [-0.2, -0.15) is 0 Å². The Balaban J connectivity index is 2.95. The first kappa shape index (κ1) is 11.2. The van der Waals surface area contributed by atoms with Gasteiger partial charge in [0.2, 0.25) is 0 Å². The standard InChI is InChI=1S/C10H14ClFN2/c1-4-7(2)14(3)10-9(12)5-8(11)6-13-10/h5-7H,4H2,1-3H3. The summed E-state index contributed by atoms with van der Waals surface area (Å²) >= 11 is 5.61. The molecule has 0 amide bonds. The molecule has 0 N–H and O–H groups in total. The van der Waals surface area contributed by atoms with Gasteiger partial charge in [-0.15, -0.1) is 0 Å². The maximum absolute atomic E-state index is 13.4. The molecule has 0 fully saturated rings. The molecule has 0 bridgehead atoms. The average Bonchev–Trinajstić information content (AvgIpc) is 2.15. The maximum Gasteiger partial charge on any atom is 0.167 e. The van der Waals surface area contributed by atoms with Crippen LogP contribution < -0.4 is 4.90 Å². The third kappa shape index (κ3) is 2.35. The van der Waals surface area contributed by atoms with Crippen molar-refractivity contribution in [2.75, 3.05) is 11.9 Å². The van der Waals surface area contributed by atoms with Gasteiger partial charge in [0, 0.05) is 19.3 Å². The second kappa shape index (κ2) is 4.60. The average molecular weight is 217 g/mol. The van der Waals surface area contributed by atoms with Crippen LogP contribution in [0.15, 0.2) is 12.3 Å². The summed E-state index contributed by atoms with van der Waals surface area (Å²) in [6.45, 7) is 4.07. The van der Waals surface area contributed by atoms with Crippen LogP contribution in [0.3, 0.4) is 0 Å². The Morgan fingerprint density at radius 3 is 2.79 bits per heavy atom. The van der Waals surface area contributed by atoms with E-state index in [2.05, 4.69) is 11.9 Å². The van der Waals surface area contributed by atoms with Gasteiger partial charge in [0.1, 0.15) is 0 Å². The first-order chi connectivity index (χ1) is 6.56. The molecule has 4 heteroatoms. The van der Waals surface area contributed by atoms with E-state index in [4.69, 9.17) is 11.6 Å². The third-order valence-electron chi connectivity index (χ3n) is 2.37. The monoisotopic (exact) mass is 216 g/mol. The first-order valence-corrected chi connectivity index (χ1v) is 4.98. The van der Waals surface area contributed by atoms with E-state index in [0.717, 1.165) is 6.42 Å². The molecular formula is C10H14ClFN2. The second-order valence-electron chi connectivity index (χ2n) is 3.33. The van der Waals surface area contributed by atoms with E-state index in [1.54, 1.807) is 0 Å². The molecule has 14 heavy (non-hydrogen) atoms. The van der Waals surface area contributed by atoms with Crippen LogP contribution in [0.2, 0.25) is 5.02 Å². The van der Waals surface area contributed by atoms with Gasteiger partial charge in [-0.05, 0) is 19.4 Å². The number of rotatable bonds is 3. The summed E-state index contributed by atoms with van der Waals surface area (Å²) in [7, 11) is 1.83. The molecule has 0 aliphatic heterocycles. The molecule has 0 spiro atoms. The Labute approximate surface area is 88.7 Å². The number of hydrogen-bond donors (Lipinski definition) is 0. The lowest BCUT2D eigenvalue weighted by atomic mass is 10.2. The highest BCUT2D eigenvalue weighted by atomic mass is 35.5. The predicted molar refractivity (Wildman–Crippen MR) is 57.4 cm³/mol. The smallest absolute Gasteiger partial charge is 0.167 e. The minimum atomic E-state index is -0.375. The molecule has 0 aliphatic carbocycles. The summed E-state index contributed by atoms with van der Waals surface area (Å²) in [6, 6.07) is 1.54. The van der Waals surface area contributed by atoms with Crippen molar-refractivity contribution < 1.29 is 4.39 Å². The van der Waals surface area contributed by atoms with Gasteiger partial charge >= 0.3 is 0 Å². The lowest BCUT2D eigenvalue weighted by Crippen LogP contribution is -2.29. The van der Waals surface area contributed by atoms with Crippen molar-refractivity contribution in [1.29, 1.82) is 0 Å². The van der Waals surface area contributed by atoms with Gasteiger partial charge < -0.3 is 4.90 Å². The SMILES string of the molecule is CCC(C)N(C)c1ncc(Cl)cc1F. The Morgan fingerprint density at radius 2 is 2.29 bits per heavy atom.